The summed E-state index contributed by atoms with van der Waals surface area (Å²) in [5.41, 5.74) is 2.87. The van der Waals surface area contributed by atoms with E-state index in [4.69, 9.17) is 4.74 Å². The molecule has 0 aliphatic rings. The molecular weight excluding hydrogens is 478 g/mol. The second-order valence-electron chi connectivity index (χ2n) is 9.17. The fourth-order valence-corrected chi connectivity index (χ4v) is 4.77. The molecule has 0 aliphatic heterocycles. The molecule has 0 heterocycles. The van der Waals surface area contributed by atoms with Crippen LogP contribution >= 0.6 is 0 Å². The zero-order chi connectivity index (χ0) is 27.0. The Labute approximate surface area is 215 Å². The van der Waals surface area contributed by atoms with Crippen molar-refractivity contribution in [1.82, 2.24) is 10.2 Å². The molecule has 1 N–H and O–H groups in total. The van der Waals surface area contributed by atoms with Crippen molar-refractivity contribution in [3.63, 3.8) is 0 Å². The van der Waals surface area contributed by atoms with Gasteiger partial charge in [-0.05, 0) is 68.5 Å². The molecule has 2 atom stereocenters. The molecule has 0 aliphatic carbocycles. The highest BCUT2D eigenvalue weighted by atomic mass is 32.2. The van der Waals surface area contributed by atoms with Gasteiger partial charge in [-0.3, -0.25) is 13.9 Å². The number of carbonyl (C=O) groups is 2. The number of nitrogens with zero attached hydrogens (tertiary/aromatic N) is 2. The first-order valence-corrected chi connectivity index (χ1v) is 14.0. The third kappa shape index (κ3) is 7.71. The van der Waals surface area contributed by atoms with Crippen LogP contribution in [0.4, 0.5) is 5.69 Å². The van der Waals surface area contributed by atoms with Crippen LogP contribution in [0, 0.1) is 13.8 Å². The van der Waals surface area contributed by atoms with Gasteiger partial charge in [0.25, 0.3) is 0 Å². The quantitative estimate of drug-likeness (QED) is 0.462. The van der Waals surface area contributed by atoms with Crippen LogP contribution in [0.3, 0.4) is 0 Å². The molecule has 198 valence electrons. The Morgan fingerprint density at radius 3 is 2.19 bits per heavy atom. The fraction of sp³-hybridized carbons (Fsp3) is 0.481. The summed E-state index contributed by atoms with van der Waals surface area (Å²) in [5, 5.41) is 2.97. The number of carbonyl (C=O) groups excluding carboxylic acids is 2. The van der Waals surface area contributed by atoms with Crippen LogP contribution in [0.2, 0.25) is 0 Å². The summed E-state index contributed by atoms with van der Waals surface area (Å²) in [6.45, 7) is 9.14. The highest BCUT2D eigenvalue weighted by Gasteiger charge is 2.32. The van der Waals surface area contributed by atoms with Crippen molar-refractivity contribution in [2.75, 3.05) is 24.2 Å². The van der Waals surface area contributed by atoms with Gasteiger partial charge >= 0.3 is 0 Å². The predicted octanol–water partition coefficient (Wildman–Crippen LogP) is 3.80. The molecule has 0 saturated carbocycles. The molecule has 0 radical (unpaired) electrons. The standard InChI is InChI=1S/C27H39N3O5S/c1-8-21(5)28-27(32)24(9-2)29(17-22-12-14-23(35-6)15-13-22)26(31)18-30(36(7,33)34)25-16-19(3)10-11-20(25)4/h10-16,21,24H,8-9,17-18H2,1-7H3,(H,28,32)/t21-,24+/m1/s1. The van der Waals surface area contributed by atoms with E-state index in [9.17, 15) is 18.0 Å². The van der Waals surface area contributed by atoms with E-state index < -0.39 is 28.5 Å². The number of anilines is 1. The Hall–Kier alpha value is -3.07. The van der Waals surface area contributed by atoms with Crippen LogP contribution in [0.5, 0.6) is 5.75 Å². The van der Waals surface area contributed by atoms with Crippen molar-refractivity contribution >= 4 is 27.5 Å². The average molecular weight is 518 g/mol. The summed E-state index contributed by atoms with van der Waals surface area (Å²) in [6.07, 6.45) is 2.22. The lowest BCUT2D eigenvalue weighted by Gasteiger charge is -2.33. The van der Waals surface area contributed by atoms with E-state index in [1.165, 1.54) is 4.90 Å². The second-order valence-corrected chi connectivity index (χ2v) is 11.1. The second kappa shape index (κ2) is 12.8. The van der Waals surface area contributed by atoms with Gasteiger partial charge in [0.2, 0.25) is 21.8 Å². The fourth-order valence-electron chi connectivity index (χ4n) is 3.87. The minimum Gasteiger partial charge on any atom is -0.497 e. The lowest BCUT2D eigenvalue weighted by molar-refractivity contribution is -0.140. The average Bonchev–Trinajstić information content (AvgIpc) is 2.83. The topological polar surface area (TPSA) is 96.0 Å². The summed E-state index contributed by atoms with van der Waals surface area (Å²) in [4.78, 5) is 28.4. The number of hydrogen-bond acceptors (Lipinski definition) is 5. The van der Waals surface area contributed by atoms with Crippen LogP contribution in [-0.4, -0.2) is 57.1 Å². The smallest absolute Gasteiger partial charge is 0.244 e. The SMILES string of the molecule is CC[C@@H](C)NC(=O)[C@H](CC)N(Cc1ccc(OC)cc1)C(=O)CN(c1cc(C)ccc1C)S(C)(=O)=O. The molecule has 0 unspecified atom stereocenters. The molecule has 0 aromatic heterocycles. The zero-order valence-electron chi connectivity index (χ0n) is 22.4. The first kappa shape index (κ1) is 29.2. The monoisotopic (exact) mass is 517 g/mol. The molecule has 2 aromatic rings. The van der Waals surface area contributed by atoms with Gasteiger partial charge in [0.15, 0.2) is 0 Å². The third-order valence-corrected chi connectivity index (χ3v) is 7.34. The summed E-state index contributed by atoms with van der Waals surface area (Å²) in [5.74, 6) is -0.0361. The van der Waals surface area contributed by atoms with Crippen molar-refractivity contribution in [3.05, 3.63) is 59.2 Å². The molecule has 0 fully saturated rings. The van der Waals surface area contributed by atoms with Crippen LogP contribution < -0.4 is 14.4 Å². The Balaban J connectivity index is 2.48. The van der Waals surface area contributed by atoms with Gasteiger partial charge in [0.05, 0.1) is 19.1 Å². The molecule has 2 rings (SSSR count). The molecule has 9 heteroatoms. The van der Waals surface area contributed by atoms with Gasteiger partial charge in [-0.15, -0.1) is 0 Å². The van der Waals surface area contributed by atoms with Gasteiger partial charge in [0, 0.05) is 12.6 Å². The first-order valence-electron chi connectivity index (χ1n) is 12.2. The van der Waals surface area contributed by atoms with Gasteiger partial charge in [-0.1, -0.05) is 38.1 Å². The first-order chi connectivity index (χ1) is 16.9. The van der Waals surface area contributed by atoms with Gasteiger partial charge in [-0.2, -0.15) is 0 Å². The zero-order valence-corrected chi connectivity index (χ0v) is 23.2. The normalized spacial score (nSPS) is 13.0. The lowest BCUT2D eigenvalue weighted by Crippen LogP contribution is -2.53. The number of sulfonamides is 1. The van der Waals surface area contributed by atoms with Crippen molar-refractivity contribution in [3.8, 4) is 5.75 Å². The van der Waals surface area contributed by atoms with Gasteiger partial charge in [-0.25, -0.2) is 8.42 Å². The summed E-state index contributed by atoms with van der Waals surface area (Å²) >= 11 is 0. The van der Waals surface area contributed by atoms with E-state index in [1.54, 1.807) is 32.2 Å². The minimum atomic E-state index is -3.77. The van der Waals surface area contributed by atoms with E-state index in [0.717, 1.165) is 33.7 Å². The van der Waals surface area contributed by atoms with Crippen molar-refractivity contribution in [1.29, 1.82) is 0 Å². The molecule has 2 aromatic carbocycles. The Morgan fingerprint density at radius 1 is 1.03 bits per heavy atom. The van der Waals surface area contributed by atoms with E-state index >= 15 is 0 Å². The number of amides is 2. The highest BCUT2D eigenvalue weighted by molar-refractivity contribution is 7.92. The Kier molecular flexibility index (Phi) is 10.3. The number of aryl methyl sites for hydroxylation is 2. The molecule has 2 amide bonds. The van der Waals surface area contributed by atoms with Crippen molar-refractivity contribution in [2.24, 2.45) is 0 Å². The molecule has 0 saturated heterocycles. The molecule has 0 spiro atoms. The maximum absolute atomic E-state index is 13.8. The molecule has 36 heavy (non-hydrogen) atoms. The number of rotatable bonds is 12. The maximum atomic E-state index is 13.8. The largest absolute Gasteiger partial charge is 0.497 e. The van der Waals surface area contributed by atoms with E-state index in [2.05, 4.69) is 5.32 Å². The number of ether oxygens (including phenoxy) is 1. The van der Waals surface area contributed by atoms with Gasteiger partial charge < -0.3 is 15.0 Å². The van der Waals surface area contributed by atoms with E-state index in [1.807, 2.05) is 52.0 Å². The number of hydrogen-bond donors (Lipinski definition) is 1. The summed E-state index contributed by atoms with van der Waals surface area (Å²) in [7, 11) is -2.20. The Bertz CT molecular complexity index is 1150. The summed E-state index contributed by atoms with van der Waals surface area (Å²) < 4.78 is 32.0. The molecule has 8 nitrogen and oxygen atoms in total. The predicted molar refractivity (Wildman–Crippen MR) is 144 cm³/mol. The van der Waals surface area contributed by atoms with Crippen LogP contribution in [0.1, 0.15) is 50.3 Å². The van der Waals surface area contributed by atoms with Crippen LogP contribution in [0.25, 0.3) is 0 Å². The number of benzene rings is 2. The minimum absolute atomic E-state index is 0.0491. The van der Waals surface area contributed by atoms with Crippen molar-refractivity contribution < 1.29 is 22.7 Å². The summed E-state index contributed by atoms with van der Waals surface area (Å²) in [6, 6.07) is 11.9. The highest BCUT2D eigenvalue weighted by Crippen LogP contribution is 2.25. The van der Waals surface area contributed by atoms with E-state index in [-0.39, 0.29) is 18.5 Å². The third-order valence-electron chi connectivity index (χ3n) is 6.21. The lowest BCUT2D eigenvalue weighted by atomic mass is 10.1. The maximum Gasteiger partial charge on any atom is 0.244 e. The number of nitrogens with one attached hydrogen (secondary N) is 1. The number of methoxy groups -OCH3 is 1. The molecule has 0 bridgehead atoms. The molecular formula is C27H39N3O5S. The van der Waals surface area contributed by atoms with Crippen LogP contribution in [0.15, 0.2) is 42.5 Å². The van der Waals surface area contributed by atoms with E-state index in [0.29, 0.717) is 17.9 Å². The Morgan fingerprint density at radius 2 is 1.67 bits per heavy atom. The van der Waals surface area contributed by atoms with Crippen molar-refractivity contribution in [2.45, 2.75) is 66.1 Å². The van der Waals surface area contributed by atoms with Crippen LogP contribution in [-0.2, 0) is 26.2 Å². The van der Waals surface area contributed by atoms with Gasteiger partial charge in [0.1, 0.15) is 18.3 Å².